The van der Waals surface area contributed by atoms with Gasteiger partial charge < -0.3 is 15.3 Å². The maximum atomic E-state index is 12.3. The molecule has 1 aromatic rings. The fourth-order valence-electron chi connectivity index (χ4n) is 2.64. The fraction of sp³-hybridized carbons (Fsp3) is 0.533. The minimum Gasteiger partial charge on any atom is -0.388 e. The van der Waals surface area contributed by atoms with Crippen molar-refractivity contribution >= 4 is 11.7 Å². The molecule has 1 aliphatic heterocycles. The molecule has 1 saturated heterocycles. The van der Waals surface area contributed by atoms with E-state index in [1.165, 1.54) is 0 Å². The molecule has 1 aliphatic rings. The lowest BCUT2D eigenvalue weighted by Crippen LogP contribution is -2.49. The van der Waals surface area contributed by atoms with Crippen LogP contribution in [0.2, 0.25) is 0 Å². The van der Waals surface area contributed by atoms with Crippen LogP contribution in [0.4, 0.5) is 10.5 Å². The Bertz CT molecular complexity index is 465. The first kappa shape index (κ1) is 13.9. The van der Waals surface area contributed by atoms with Gasteiger partial charge in [0.1, 0.15) is 0 Å². The number of likely N-dealkylation sites (tertiary alicyclic amines) is 1. The second-order valence-corrected chi connectivity index (χ2v) is 5.75. The summed E-state index contributed by atoms with van der Waals surface area (Å²) < 4.78 is 0. The Hall–Kier alpha value is -1.55. The van der Waals surface area contributed by atoms with Crippen LogP contribution in [0.15, 0.2) is 24.3 Å². The normalized spacial score (nSPS) is 19.6. The van der Waals surface area contributed by atoms with Gasteiger partial charge in [-0.15, -0.1) is 0 Å². The van der Waals surface area contributed by atoms with Gasteiger partial charge in [0.05, 0.1) is 11.6 Å². The maximum Gasteiger partial charge on any atom is 0.322 e. The van der Waals surface area contributed by atoms with Gasteiger partial charge in [-0.05, 0) is 45.2 Å². The molecule has 104 valence electrons. The van der Waals surface area contributed by atoms with Crippen molar-refractivity contribution in [2.24, 2.45) is 0 Å². The van der Waals surface area contributed by atoms with Crippen LogP contribution in [0, 0.1) is 6.92 Å². The third kappa shape index (κ3) is 3.07. The zero-order valence-corrected chi connectivity index (χ0v) is 11.8. The zero-order valence-electron chi connectivity index (χ0n) is 11.8. The van der Waals surface area contributed by atoms with Gasteiger partial charge in [-0.25, -0.2) is 4.79 Å². The standard InChI is InChI=1S/C15H22N2O2/c1-11-7-4-5-8-12(11)16-14(18)17-10-6-9-13(17)15(2,3)19/h4-5,7-8,13,19H,6,9-10H2,1-3H3,(H,16,18). The predicted octanol–water partition coefficient (Wildman–Crippen LogP) is 2.76. The Balaban J connectivity index is 2.10. The number of carbonyl (C=O) groups is 1. The Morgan fingerprint density at radius 3 is 2.74 bits per heavy atom. The number of para-hydroxylation sites is 1. The van der Waals surface area contributed by atoms with E-state index in [0.29, 0.717) is 6.54 Å². The van der Waals surface area contributed by atoms with Crippen LogP contribution in [0.3, 0.4) is 0 Å². The van der Waals surface area contributed by atoms with Crippen molar-refractivity contribution in [2.45, 2.75) is 45.3 Å². The van der Waals surface area contributed by atoms with Crippen molar-refractivity contribution in [3.63, 3.8) is 0 Å². The summed E-state index contributed by atoms with van der Waals surface area (Å²) >= 11 is 0. The van der Waals surface area contributed by atoms with Crippen molar-refractivity contribution < 1.29 is 9.90 Å². The molecule has 0 aromatic heterocycles. The Labute approximate surface area is 114 Å². The van der Waals surface area contributed by atoms with E-state index in [1.54, 1.807) is 18.7 Å². The molecular weight excluding hydrogens is 240 g/mol. The average molecular weight is 262 g/mol. The molecule has 1 heterocycles. The van der Waals surface area contributed by atoms with E-state index in [-0.39, 0.29) is 12.1 Å². The molecule has 2 N–H and O–H groups in total. The number of nitrogens with zero attached hydrogens (tertiary/aromatic N) is 1. The Morgan fingerprint density at radius 1 is 1.42 bits per heavy atom. The molecule has 2 rings (SSSR count). The van der Waals surface area contributed by atoms with E-state index in [2.05, 4.69) is 5.32 Å². The average Bonchev–Trinajstić information content (AvgIpc) is 2.81. The van der Waals surface area contributed by atoms with Gasteiger partial charge in [0.2, 0.25) is 0 Å². The summed E-state index contributed by atoms with van der Waals surface area (Å²) in [5.41, 5.74) is 1.00. The molecule has 0 spiro atoms. The summed E-state index contributed by atoms with van der Waals surface area (Å²) in [5.74, 6) is 0. The van der Waals surface area contributed by atoms with E-state index in [1.807, 2.05) is 31.2 Å². The van der Waals surface area contributed by atoms with Crippen LogP contribution >= 0.6 is 0 Å². The number of rotatable bonds is 2. The van der Waals surface area contributed by atoms with Gasteiger partial charge >= 0.3 is 6.03 Å². The first-order chi connectivity index (χ1) is 8.89. The number of hydrogen-bond donors (Lipinski definition) is 2. The third-order valence-electron chi connectivity index (χ3n) is 3.72. The molecule has 2 amide bonds. The molecular formula is C15H22N2O2. The highest BCUT2D eigenvalue weighted by atomic mass is 16.3. The second kappa shape index (κ2) is 5.21. The van der Waals surface area contributed by atoms with Gasteiger partial charge in [-0.2, -0.15) is 0 Å². The molecule has 0 bridgehead atoms. The summed E-state index contributed by atoms with van der Waals surface area (Å²) in [4.78, 5) is 14.1. The topological polar surface area (TPSA) is 52.6 Å². The first-order valence-corrected chi connectivity index (χ1v) is 6.75. The minimum atomic E-state index is -0.862. The van der Waals surface area contributed by atoms with Gasteiger partial charge in [0.25, 0.3) is 0 Å². The molecule has 4 heteroatoms. The number of aliphatic hydroxyl groups is 1. The van der Waals surface area contributed by atoms with Gasteiger partial charge in [-0.3, -0.25) is 0 Å². The van der Waals surface area contributed by atoms with Crippen molar-refractivity contribution in [1.82, 2.24) is 4.90 Å². The Morgan fingerprint density at radius 2 is 2.11 bits per heavy atom. The first-order valence-electron chi connectivity index (χ1n) is 6.75. The highest BCUT2D eigenvalue weighted by molar-refractivity contribution is 5.90. The van der Waals surface area contributed by atoms with Crippen LogP contribution in [-0.4, -0.2) is 34.2 Å². The summed E-state index contributed by atoms with van der Waals surface area (Å²) in [6, 6.07) is 7.46. The van der Waals surface area contributed by atoms with Crippen LogP contribution in [0.1, 0.15) is 32.3 Å². The SMILES string of the molecule is Cc1ccccc1NC(=O)N1CCCC1C(C)(C)O. The van der Waals surface area contributed by atoms with Crippen LogP contribution in [0.5, 0.6) is 0 Å². The molecule has 1 atom stereocenters. The number of hydrogen-bond acceptors (Lipinski definition) is 2. The molecule has 1 fully saturated rings. The maximum absolute atomic E-state index is 12.3. The fourth-order valence-corrected chi connectivity index (χ4v) is 2.64. The van der Waals surface area contributed by atoms with Gasteiger partial charge in [0.15, 0.2) is 0 Å². The number of carbonyl (C=O) groups excluding carboxylic acids is 1. The smallest absolute Gasteiger partial charge is 0.322 e. The predicted molar refractivity (Wildman–Crippen MR) is 76.2 cm³/mol. The number of anilines is 1. The second-order valence-electron chi connectivity index (χ2n) is 5.75. The zero-order chi connectivity index (χ0) is 14.0. The lowest BCUT2D eigenvalue weighted by atomic mass is 9.97. The van der Waals surface area contributed by atoms with Gasteiger partial charge in [0, 0.05) is 12.2 Å². The lowest BCUT2D eigenvalue weighted by molar-refractivity contribution is 0.0117. The van der Waals surface area contributed by atoms with Crippen molar-refractivity contribution in [2.75, 3.05) is 11.9 Å². The van der Waals surface area contributed by atoms with Crippen molar-refractivity contribution in [3.8, 4) is 0 Å². The largest absolute Gasteiger partial charge is 0.388 e. The minimum absolute atomic E-state index is 0.114. The van der Waals surface area contributed by atoms with E-state index < -0.39 is 5.60 Å². The third-order valence-corrected chi connectivity index (χ3v) is 3.72. The number of urea groups is 1. The number of amides is 2. The van der Waals surface area contributed by atoms with E-state index in [0.717, 1.165) is 24.1 Å². The van der Waals surface area contributed by atoms with Crippen molar-refractivity contribution in [3.05, 3.63) is 29.8 Å². The van der Waals surface area contributed by atoms with E-state index >= 15 is 0 Å². The summed E-state index contributed by atoms with van der Waals surface area (Å²) in [6.07, 6.45) is 1.79. The number of nitrogens with one attached hydrogen (secondary N) is 1. The molecule has 1 unspecified atom stereocenters. The molecule has 0 saturated carbocycles. The van der Waals surface area contributed by atoms with E-state index in [4.69, 9.17) is 0 Å². The van der Waals surface area contributed by atoms with Gasteiger partial charge in [-0.1, -0.05) is 18.2 Å². The van der Waals surface area contributed by atoms with Crippen molar-refractivity contribution in [1.29, 1.82) is 0 Å². The summed E-state index contributed by atoms with van der Waals surface area (Å²) in [6.45, 7) is 6.19. The molecule has 1 aromatic carbocycles. The lowest BCUT2D eigenvalue weighted by Gasteiger charge is -2.33. The molecule has 0 radical (unpaired) electrons. The molecule has 0 aliphatic carbocycles. The monoisotopic (exact) mass is 262 g/mol. The molecule has 19 heavy (non-hydrogen) atoms. The highest BCUT2D eigenvalue weighted by Gasteiger charge is 2.38. The van der Waals surface area contributed by atoms with Crippen LogP contribution in [-0.2, 0) is 0 Å². The molecule has 4 nitrogen and oxygen atoms in total. The quantitative estimate of drug-likeness (QED) is 0.861. The highest BCUT2D eigenvalue weighted by Crippen LogP contribution is 2.27. The summed E-state index contributed by atoms with van der Waals surface area (Å²) in [5, 5.41) is 13.1. The van der Waals surface area contributed by atoms with Crippen LogP contribution in [0.25, 0.3) is 0 Å². The number of aryl methyl sites for hydroxylation is 1. The Kier molecular flexibility index (Phi) is 3.80. The van der Waals surface area contributed by atoms with Crippen LogP contribution < -0.4 is 5.32 Å². The number of benzene rings is 1. The summed E-state index contributed by atoms with van der Waals surface area (Å²) in [7, 11) is 0. The van der Waals surface area contributed by atoms with E-state index in [9.17, 15) is 9.90 Å².